The quantitative estimate of drug-likeness (QED) is 0.762. The third-order valence-corrected chi connectivity index (χ3v) is 5.31. The lowest BCUT2D eigenvalue weighted by Gasteiger charge is -2.37. The zero-order valence-electron chi connectivity index (χ0n) is 11.4. The molecule has 0 saturated carbocycles. The van der Waals surface area contributed by atoms with Gasteiger partial charge in [0, 0.05) is 17.8 Å². The van der Waals surface area contributed by atoms with Crippen molar-refractivity contribution in [2.75, 3.05) is 13.1 Å². The zero-order valence-corrected chi connectivity index (χ0v) is 12.9. The average molecular weight is 287 g/mol. The Balaban J connectivity index is 1.74. The summed E-state index contributed by atoms with van der Waals surface area (Å²) in [6.07, 6.45) is 5.06. The van der Waals surface area contributed by atoms with E-state index in [1.165, 1.54) is 37.4 Å². The van der Waals surface area contributed by atoms with Gasteiger partial charge in [-0.2, -0.15) is 0 Å². The van der Waals surface area contributed by atoms with Gasteiger partial charge in [-0.15, -0.1) is 22.9 Å². The summed E-state index contributed by atoms with van der Waals surface area (Å²) in [7, 11) is 0. The van der Waals surface area contributed by atoms with Crippen LogP contribution in [-0.2, 0) is 12.3 Å². The summed E-state index contributed by atoms with van der Waals surface area (Å²) in [5, 5.41) is 3.32. The molecular weight excluding hydrogens is 264 g/mol. The highest BCUT2D eigenvalue weighted by Crippen LogP contribution is 2.23. The molecule has 0 spiro atoms. The van der Waals surface area contributed by atoms with E-state index in [4.69, 9.17) is 11.6 Å². The van der Waals surface area contributed by atoms with E-state index in [0.29, 0.717) is 5.88 Å². The second-order valence-electron chi connectivity index (χ2n) is 5.37. The van der Waals surface area contributed by atoms with E-state index in [1.807, 2.05) is 0 Å². The first kappa shape index (κ1) is 14.3. The molecule has 1 aliphatic heterocycles. The third-order valence-electron chi connectivity index (χ3n) is 4.08. The lowest BCUT2D eigenvalue weighted by Crippen LogP contribution is -2.42. The van der Waals surface area contributed by atoms with E-state index in [0.717, 1.165) is 24.1 Å². The van der Waals surface area contributed by atoms with Crippen molar-refractivity contribution in [2.45, 2.75) is 51.5 Å². The van der Waals surface area contributed by atoms with Crippen molar-refractivity contribution >= 4 is 22.9 Å². The number of thiazole rings is 1. The average Bonchev–Trinajstić information content (AvgIpc) is 2.82. The van der Waals surface area contributed by atoms with Gasteiger partial charge in [0.1, 0.15) is 0 Å². The molecule has 18 heavy (non-hydrogen) atoms. The Kier molecular flexibility index (Phi) is 5.46. The highest BCUT2D eigenvalue weighted by molar-refractivity contribution is 7.09. The molecular formula is C14H23ClN2S. The summed E-state index contributed by atoms with van der Waals surface area (Å²) in [6, 6.07) is 0.744. The number of aromatic nitrogens is 1. The van der Waals surface area contributed by atoms with Crippen LogP contribution in [0, 0.1) is 5.92 Å². The zero-order chi connectivity index (χ0) is 13.0. The molecule has 1 saturated heterocycles. The minimum Gasteiger partial charge on any atom is -0.300 e. The van der Waals surface area contributed by atoms with Crippen LogP contribution in [0.5, 0.6) is 0 Å². The molecule has 2 unspecified atom stereocenters. The van der Waals surface area contributed by atoms with Gasteiger partial charge in [-0.25, -0.2) is 4.98 Å². The first-order valence-corrected chi connectivity index (χ1v) is 8.35. The Morgan fingerprint density at radius 1 is 1.50 bits per heavy atom. The predicted molar refractivity (Wildman–Crippen MR) is 79.4 cm³/mol. The van der Waals surface area contributed by atoms with Gasteiger partial charge in [-0.05, 0) is 45.2 Å². The van der Waals surface area contributed by atoms with Crippen LogP contribution in [0.25, 0.3) is 0 Å². The number of rotatable bonds is 5. The van der Waals surface area contributed by atoms with Gasteiger partial charge in [-0.1, -0.05) is 6.92 Å². The molecule has 1 aliphatic rings. The fourth-order valence-electron chi connectivity index (χ4n) is 2.70. The first-order valence-electron chi connectivity index (χ1n) is 6.94. The normalized spacial score (nSPS) is 25.5. The molecule has 102 valence electrons. The van der Waals surface area contributed by atoms with Gasteiger partial charge in [0.15, 0.2) is 0 Å². The van der Waals surface area contributed by atoms with E-state index >= 15 is 0 Å². The van der Waals surface area contributed by atoms with Gasteiger partial charge in [-0.3, -0.25) is 0 Å². The van der Waals surface area contributed by atoms with Crippen molar-refractivity contribution in [3.05, 3.63) is 16.1 Å². The van der Waals surface area contributed by atoms with Crippen LogP contribution < -0.4 is 0 Å². The van der Waals surface area contributed by atoms with Crippen LogP contribution in [-0.4, -0.2) is 29.0 Å². The van der Waals surface area contributed by atoms with Crippen LogP contribution >= 0.6 is 22.9 Å². The summed E-state index contributed by atoms with van der Waals surface area (Å²) in [6.45, 7) is 7.24. The molecule has 2 nitrogen and oxygen atoms in total. The van der Waals surface area contributed by atoms with Crippen molar-refractivity contribution < 1.29 is 0 Å². The largest absolute Gasteiger partial charge is 0.300 e. The lowest BCUT2D eigenvalue weighted by atomic mass is 9.92. The maximum Gasteiger partial charge on any atom is 0.0929 e. The molecule has 0 bridgehead atoms. The highest BCUT2D eigenvalue weighted by Gasteiger charge is 2.23. The number of alkyl halides is 1. The number of hydrogen-bond acceptors (Lipinski definition) is 3. The molecule has 1 aromatic heterocycles. The van der Waals surface area contributed by atoms with Crippen molar-refractivity contribution in [3.63, 3.8) is 0 Å². The second-order valence-corrected chi connectivity index (χ2v) is 6.58. The number of likely N-dealkylation sites (tertiary alicyclic amines) is 1. The minimum absolute atomic E-state index is 0.539. The molecule has 2 heterocycles. The fourth-order valence-corrected chi connectivity index (χ4v) is 3.76. The van der Waals surface area contributed by atoms with Crippen molar-refractivity contribution in [2.24, 2.45) is 5.92 Å². The van der Waals surface area contributed by atoms with Gasteiger partial charge in [0.25, 0.3) is 0 Å². The Bertz CT molecular complexity index is 366. The van der Waals surface area contributed by atoms with Gasteiger partial charge in [0.05, 0.1) is 16.6 Å². The number of halogens is 1. The van der Waals surface area contributed by atoms with E-state index < -0.39 is 0 Å². The molecule has 4 heteroatoms. The number of nitrogens with zero attached hydrogens (tertiary/aromatic N) is 2. The molecule has 1 aromatic rings. The summed E-state index contributed by atoms with van der Waals surface area (Å²) >= 11 is 7.52. The molecule has 0 N–H and O–H groups in total. The molecule has 1 fully saturated rings. The van der Waals surface area contributed by atoms with Gasteiger partial charge in [0.2, 0.25) is 0 Å². The van der Waals surface area contributed by atoms with Crippen LogP contribution in [0.1, 0.15) is 43.8 Å². The fraction of sp³-hybridized carbons (Fsp3) is 0.786. The molecule has 0 aromatic carbocycles. The number of piperidine rings is 1. The predicted octanol–water partition coefficient (Wildman–Crippen LogP) is 3.93. The molecule has 0 radical (unpaired) electrons. The van der Waals surface area contributed by atoms with Gasteiger partial charge >= 0.3 is 0 Å². The molecule has 2 rings (SSSR count). The first-order chi connectivity index (χ1) is 8.70. The Morgan fingerprint density at radius 3 is 3.06 bits per heavy atom. The topological polar surface area (TPSA) is 16.1 Å². The Labute approximate surface area is 119 Å². The summed E-state index contributed by atoms with van der Waals surface area (Å²) < 4.78 is 0. The van der Waals surface area contributed by atoms with Crippen LogP contribution in [0.2, 0.25) is 0 Å². The summed E-state index contributed by atoms with van der Waals surface area (Å²) in [4.78, 5) is 7.16. The summed E-state index contributed by atoms with van der Waals surface area (Å²) in [5.74, 6) is 1.39. The molecule has 2 atom stereocenters. The monoisotopic (exact) mass is 286 g/mol. The van der Waals surface area contributed by atoms with E-state index in [-0.39, 0.29) is 0 Å². The van der Waals surface area contributed by atoms with Crippen LogP contribution in [0.15, 0.2) is 5.38 Å². The number of aryl methyl sites for hydroxylation is 1. The standard InChI is InChI=1S/C14H23ClN2S/c1-11-5-3-7-17(12(11)2)8-4-6-14-16-13(9-15)10-18-14/h10-12H,3-9H2,1-2H3. The van der Waals surface area contributed by atoms with Crippen LogP contribution in [0.4, 0.5) is 0 Å². The maximum absolute atomic E-state index is 5.77. The highest BCUT2D eigenvalue weighted by atomic mass is 35.5. The van der Waals surface area contributed by atoms with Crippen molar-refractivity contribution in [1.82, 2.24) is 9.88 Å². The van der Waals surface area contributed by atoms with Crippen molar-refractivity contribution in [3.8, 4) is 0 Å². The number of hydrogen-bond donors (Lipinski definition) is 0. The second kappa shape index (κ2) is 6.88. The molecule has 0 aliphatic carbocycles. The SMILES string of the molecule is CC1CCCN(CCCc2nc(CCl)cs2)C1C. The third kappa shape index (κ3) is 3.69. The maximum atomic E-state index is 5.77. The van der Waals surface area contributed by atoms with E-state index in [9.17, 15) is 0 Å². The van der Waals surface area contributed by atoms with E-state index in [2.05, 4.69) is 29.1 Å². The van der Waals surface area contributed by atoms with Crippen molar-refractivity contribution in [1.29, 1.82) is 0 Å². The lowest BCUT2D eigenvalue weighted by molar-refractivity contribution is 0.113. The van der Waals surface area contributed by atoms with Gasteiger partial charge < -0.3 is 4.90 Å². The summed E-state index contributed by atoms with van der Waals surface area (Å²) in [5.41, 5.74) is 1.02. The Morgan fingerprint density at radius 2 is 2.33 bits per heavy atom. The minimum atomic E-state index is 0.539. The molecule has 0 amide bonds. The smallest absolute Gasteiger partial charge is 0.0929 e. The van der Waals surface area contributed by atoms with Crippen LogP contribution in [0.3, 0.4) is 0 Å². The Hall–Kier alpha value is -0.120. The van der Waals surface area contributed by atoms with E-state index in [1.54, 1.807) is 11.3 Å².